The number of amides is 1. The van der Waals surface area contributed by atoms with E-state index in [2.05, 4.69) is 10.6 Å². The molecule has 202 valence electrons. The average Bonchev–Trinajstić information content (AvgIpc) is 3.31. The number of benzene rings is 1. The van der Waals surface area contributed by atoms with Gasteiger partial charge in [-0.1, -0.05) is 24.3 Å². The lowest BCUT2D eigenvalue weighted by molar-refractivity contribution is -0.118. The van der Waals surface area contributed by atoms with E-state index >= 15 is 0 Å². The van der Waals surface area contributed by atoms with Crippen LogP contribution in [0.2, 0.25) is 0 Å². The number of anilines is 2. The van der Waals surface area contributed by atoms with E-state index < -0.39 is 23.6 Å². The van der Waals surface area contributed by atoms with Crippen LogP contribution >= 0.6 is 0 Å². The third-order valence-corrected chi connectivity index (χ3v) is 6.72. The van der Waals surface area contributed by atoms with Gasteiger partial charge in [-0.3, -0.25) is 23.5 Å². The lowest BCUT2D eigenvalue weighted by atomic mass is 10.1. The molecule has 1 saturated heterocycles. The van der Waals surface area contributed by atoms with Crippen molar-refractivity contribution in [1.29, 1.82) is 0 Å². The van der Waals surface area contributed by atoms with Crippen LogP contribution in [-0.2, 0) is 24.9 Å². The molecule has 4 rings (SSSR count). The van der Waals surface area contributed by atoms with E-state index in [9.17, 15) is 19.2 Å². The highest BCUT2D eigenvalue weighted by Gasteiger charge is 2.26. The Balaban J connectivity index is 1.78. The SMILES string of the molecule is CC=CCn1c(N2CCC[C@@H](N)C2)nc2c1c(=O)n(CC(=O)c1ccccc1NCC(=O)NC)c(=O)n2C. The zero-order valence-corrected chi connectivity index (χ0v) is 21.9. The number of aryl methyl sites for hydroxylation is 1. The van der Waals surface area contributed by atoms with Crippen molar-refractivity contribution in [1.82, 2.24) is 24.0 Å². The maximum Gasteiger partial charge on any atom is 0.332 e. The minimum atomic E-state index is -0.635. The monoisotopic (exact) mass is 522 g/mol. The maximum atomic E-state index is 13.8. The molecule has 3 aromatic rings. The number of fused-ring (bicyclic) bond motifs is 1. The number of allylic oxidation sites excluding steroid dienone is 2. The summed E-state index contributed by atoms with van der Waals surface area (Å²) in [6.07, 6.45) is 5.60. The molecule has 1 fully saturated rings. The molecule has 3 heterocycles. The number of aromatic nitrogens is 4. The van der Waals surface area contributed by atoms with E-state index in [4.69, 9.17) is 10.7 Å². The van der Waals surface area contributed by atoms with Gasteiger partial charge in [0.05, 0.1) is 13.1 Å². The standard InChI is InChI=1S/C26H34N8O4/c1-4-5-13-33-22-23(30-25(33)32-12-8-9-17(27)15-32)31(3)26(38)34(24(22)37)16-20(35)18-10-6-7-11-19(18)29-14-21(36)28-2/h4-7,10-11,17,29H,8-9,12-16,27H2,1-3H3,(H,28,36)/t17-/m1/s1. The molecule has 1 aliphatic heterocycles. The second kappa shape index (κ2) is 11.5. The Bertz CT molecular complexity index is 1500. The van der Waals surface area contributed by atoms with Gasteiger partial charge >= 0.3 is 5.69 Å². The number of rotatable bonds is 9. The van der Waals surface area contributed by atoms with Crippen LogP contribution in [0.5, 0.6) is 0 Å². The summed E-state index contributed by atoms with van der Waals surface area (Å²) in [5, 5.41) is 5.45. The van der Waals surface area contributed by atoms with Gasteiger partial charge in [-0.25, -0.2) is 4.79 Å². The van der Waals surface area contributed by atoms with E-state index in [1.54, 1.807) is 35.9 Å². The predicted octanol–water partition coefficient (Wildman–Crippen LogP) is 0.441. The summed E-state index contributed by atoms with van der Waals surface area (Å²) in [4.78, 5) is 58.8. The molecule has 12 nitrogen and oxygen atoms in total. The number of carbonyl (C=O) groups excluding carboxylic acids is 2. The van der Waals surface area contributed by atoms with Crippen LogP contribution in [0.25, 0.3) is 11.2 Å². The molecule has 0 spiro atoms. The van der Waals surface area contributed by atoms with Crippen LogP contribution in [0.4, 0.5) is 11.6 Å². The van der Waals surface area contributed by atoms with Crippen molar-refractivity contribution >= 4 is 34.5 Å². The highest BCUT2D eigenvalue weighted by atomic mass is 16.2. The first kappa shape index (κ1) is 26.9. The number of Topliss-reactive ketones (excluding diaryl/α,β-unsaturated/α-hetero) is 1. The van der Waals surface area contributed by atoms with Crippen molar-refractivity contribution in [2.75, 3.05) is 36.9 Å². The Kier molecular flexibility index (Phi) is 8.10. The van der Waals surface area contributed by atoms with E-state index in [1.807, 2.05) is 24.0 Å². The number of ketones is 1. The van der Waals surface area contributed by atoms with Crippen molar-refractivity contribution < 1.29 is 9.59 Å². The zero-order valence-electron chi connectivity index (χ0n) is 21.9. The quantitative estimate of drug-likeness (QED) is 0.271. The molecule has 4 N–H and O–H groups in total. The van der Waals surface area contributed by atoms with Crippen LogP contribution in [0.15, 0.2) is 46.0 Å². The minimum Gasteiger partial charge on any atom is -0.376 e. The van der Waals surface area contributed by atoms with Crippen molar-refractivity contribution in [2.45, 2.75) is 38.9 Å². The van der Waals surface area contributed by atoms with Crippen molar-refractivity contribution in [3.8, 4) is 0 Å². The lowest BCUT2D eigenvalue weighted by Crippen LogP contribution is -2.44. The molecular weight excluding hydrogens is 488 g/mol. The smallest absolute Gasteiger partial charge is 0.332 e. The lowest BCUT2D eigenvalue weighted by Gasteiger charge is -2.31. The van der Waals surface area contributed by atoms with E-state index in [0.29, 0.717) is 24.7 Å². The molecule has 0 aliphatic carbocycles. The second-order valence-corrected chi connectivity index (χ2v) is 9.34. The number of likely N-dealkylation sites (N-methyl/N-ethyl adjacent to an activating group) is 1. The summed E-state index contributed by atoms with van der Waals surface area (Å²) in [6.45, 7) is 3.12. The molecule has 1 aromatic carbocycles. The largest absolute Gasteiger partial charge is 0.376 e. The van der Waals surface area contributed by atoms with Gasteiger partial charge < -0.3 is 25.8 Å². The molecule has 2 aromatic heterocycles. The molecule has 1 aliphatic rings. The van der Waals surface area contributed by atoms with E-state index in [0.717, 1.165) is 24.0 Å². The molecule has 0 unspecified atom stereocenters. The summed E-state index contributed by atoms with van der Waals surface area (Å²) in [7, 11) is 3.06. The van der Waals surface area contributed by atoms with Crippen LogP contribution in [-0.4, -0.2) is 63.1 Å². The Labute approximate surface area is 219 Å². The number of hydrogen-bond donors (Lipinski definition) is 3. The number of hydrogen-bond acceptors (Lipinski definition) is 8. The maximum absolute atomic E-state index is 13.8. The Morgan fingerprint density at radius 2 is 1.97 bits per heavy atom. The van der Waals surface area contributed by atoms with Gasteiger partial charge in [0, 0.05) is 51.0 Å². The number of nitrogens with zero attached hydrogens (tertiary/aromatic N) is 5. The van der Waals surface area contributed by atoms with Crippen molar-refractivity contribution in [2.24, 2.45) is 12.8 Å². The van der Waals surface area contributed by atoms with E-state index in [1.165, 1.54) is 11.6 Å². The molecule has 0 saturated carbocycles. The van der Waals surface area contributed by atoms with Gasteiger partial charge in [0.1, 0.15) is 0 Å². The molecule has 38 heavy (non-hydrogen) atoms. The predicted molar refractivity (Wildman–Crippen MR) is 147 cm³/mol. The first-order valence-electron chi connectivity index (χ1n) is 12.6. The van der Waals surface area contributed by atoms with Gasteiger partial charge in [0.15, 0.2) is 16.9 Å². The third-order valence-electron chi connectivity index (χ3n) is 6.72. The van der Waals surface area contributed by atoms with Crippen LogP contribution in [0, 0.1) is 0 Å². The number of carbonyl (C=O) groups is 2. The number of imidazole rings is 1. The number of para-hydroxylation sites is 1. The first-order chi connectivity index (χ1) is 18.3. The van der Waals surface area contributed by atoms with E-state index in [-0.39, 0.29) is 35.2 Å². The summed E-state index contributed by atoms with van der Waals surface area (Å²) in [5.41, 5.74) is 6.20. The molecule has 1 atom stereocenters. The summed E-state index contributed by atoms with van der Waals surface area (Å²) in [6, 6.07) is 6.67. The van der Waals surface area contributed by atoms with Gasteiger partial charge in [0.25, 0.3) is 5.56 Å². The first-order valence-corrected chi connectivity index (χ1v) is 12.6. The van der Waals surface area contributed by atoms with Gasteiger partial charge in [0.2, 0.25) is 11.9 Å². The summed E-state index contributed by atoms with van der Waals surface area (Å²) in [5.74, 6) is -0.110. The Morgan fingerprint density at radius 1 is 1.21 bits per heavy atom. The number of nitrogens with one attached hydrogen (secondary N) is 2. The molecular formula is C26H34N8O4. The fraction of sp³-hybridized carbons (Fsp3) is 0.423. The Hall–Kier alpha value is -4.19. The topological polar surface area (TPSA) is 149 Å². The molecule has 1 amide bonds. The van der Waals surface area contributed by atoms with Crippen LogP contribution in [0.3, 0.4) is 0 Å². The fourth-order valence-corrected chi connectivity index (χ4v) is 4.69. The Morgan fingerprint density at radius 3 is 2.68 bits per heavy atom. The van der Waals surface area contributed by atoms with Gasteiger partial charge in [-0.15, -0.1) is 0 Å². The number of piperidine rings is 1. The highest BCUT2D eigenvalue weighted by Crippen LogP contribution is 2.23. The highest BCUT2D eigenvalue weighted by molar-refractivity contribution is 6.01. The molecule has 0 bridgehead atoms. The number of nitrogens with two attached hydrogens (primary N) is 1. The van der Waals surface area contributed by atoms with Gasteiger partial charge in [-0.05, 0) is 31.9 Å². The zero-order chi connectivity index (χ0) is 27.4. The second-order valence-electron chi connectivity index (χ2n) is 9.34. The fourth-order valence-electron chi connectivity index (χ4n) is 4.69. The van der Waals surface area contributed by atoms with Gasteiger partial charge in [-0.2, -0.15) is 4.98 Å². The summed E-state index contributed by atoms with van der Waals surface area (Å²) >= 11 is 0. The normalized spacial score (nSPS) is 15.8. The van der Waals surface area contributed by atoms with Crippen LogP contribution in [0.1, 0.15) is 30.1 Å². The average molecular weight is 523 g/mol. The summed E-state index contributed by atoms with van der Waals surface area (Å²) < 4.78 is 4.04. The van der Waals surface area contributed by atoms with Crippen molar-refractivity contribution in [3.05, 3.63) is 62.8 Å². The molecule has 12 heteroatoms. The van der Waals surface area contributed by atoms with Crippen LogP contribution < -0.4 is 32.5 Å². The van der Waals surface area contributed by atoms with Crippen molar-refractivity contribution in [3.63, 3.8) is 0 Å². The minimum absolute atomic E-state index is 0.00564. The third kappa shape index (κ3) is 5.25. The molecule has 0 radical (unpaired) electrons.